The fourth-order valence-corrected chi connectivity index (χ4v) is 3.33. The zero-order valence-corrected chi connectivity index (χ0v) is 15.8. The maximum Gasteiger partial charge on any atom is 0.0276 e. The van der Waals surface area contributed by atoms with Crippen LogP contribution in [0.25, 0.3) is 0 Å². The summed E-state index contributed by atoms with van der Waals surface area (Å²) in [5, 5.41) is 0. The summed E-state index contributed by atoms with van der Waals surface area (Å²) in [6.45, 7) is 9.00. The molecule has 0 bridgehead atoms. The first-order chi connectivity index (χ1) is 11.5. The topological polar surface area (TPSA) is 12.4 Å². The van der Waals surface area contributed by atoms with E-state index in [1.54, 1.807) is 0 Å². The predicted octanol–water partition coefficient (Wildman–Crippen LogP) is 6.38. The van der Waals surface area contributed by atoms with Crippen LogP contribution in [-0.4, -0.2) is 12.8 Å². The van der Waals surface area contributed by atoms with Gasteiger partial charge in [0.15, 0.2) is 0 Å². The Morgan fingerprint density at radius 1 is 0.958 bits per heavy atom. The maximum atomic E-state index is 4.45. The van der Waals surface area contributed by atoms with Gasteiger partial charge in [0.25, 0.3) is 0 Å². The van der Waals surface area contributed by atoms with E-state index in [4.69, 9.17) is 0 Å². The lowest BCUT2D eigenvalue weighted by atomic mass is 9.77. The van der Waals surface area contributed by atoms with Gasteiger partial charge in [-0.25, -0.2) is 0 Å². The molecule has 1 nitrogen and oxygen atoms in total. The molecule has 1 atom stereocenters. The zero-order valence-electron chi connectivity index (χ0n) is 15.8. The molecular weight excluding hydrogens is 290 g/mol. The fourth-order valence-electron chi connectivity index (χ4n) is 3.33. The van der Waals surface area contributed by atoms with E-state index in [-0.39, 0.29) is 5.41 Å². The molecule has 0 fully saturated rings. The van der Waals surface area contributed by atoms with Crippen LogP contribution in [0.3, 0.4) is 0 Å². The molecule has 0 saturated carbocycles. The van der Waals surface area contributed by atoms with Gasteiger partial charge in [0.05, 0.1) is 0 Å². The SMILES string of the molecule is CCCCC(C(C)=NC)c1ccc(C(C)(C)c2ccccc2)cc1. The minimum absolute atomic E-state index is 0.0204. The van der Waals surface area contributed by atoms with Crippen LogP contribution in [0.1, 0.15) is 69.6 Å². The van der Waals surface area contributed by atoms with Crippen molar-refractivity contribution in [2.75, 3.05) is 7.05 Å². The van der Waals surface area contributed by atoms with Gasteiger partial charge >= 0.3 is 0 Å². The number of unbranched alkanes of at least 4 members (excludes halogenated alkanes) is 1. The summed E-state index contributed by atoms with van der Waals surface area (Å²) in [4.78, 5) is 4.45. The minimum atomic E-state index is 0.0204. The molecule has 2 rings (SSSR count). The lowest BCUT2D eigenvalue weighted by molar-refractivity contribution is 0.638. The zero-order chi connectivity index (χ0) is 17.6. The summed E-state index contributed by atoms with van der Waals surface area (Å²) in [6.07, 6.45) is 3.66. The molecule has 1 heteroatoms. The van der Waals surface area contributed by atoms with Crippen molar-refractivity contribution in [3.8, 4) is 0 Å². The monoisotopic (exact) mass is 321 g/mol. The largest absolute Gasteiger partial charge is 0.297 e. The number of hydrogen-bond acceptors (Lipinski definition) is 1. The van der Waals surface area contributed by atoms with E-state index in [9.17, 15) is 0 Å². The number of benzene rings is 2. The van der Waals surface area contributed by atoms with Crippen molar-refractivity contribution in [1.29, 1.82) is 0 Å². The van der Waals surface area contributed by atoms with E-state index in [0.29, 0.717) is 5.92 Å². The molecule has 0 aliphatic carbocycles. The first-order valence-corrected chi connectivity index (χ1v) is 9.10. The Kier molecular flexibility index (Phi) is 6.36. The second kappa shape index (κ2) is 8.28. The van der Waals surface area contributed by atoms with Crippen molar-refractivity contribution in [2.45, 2.75) is 58.3 Å². The van der Waals surface area contributed by atoms with Crippen LogP contribution in [0, 0.1) is 0 Å². The van der Waals surface area contributed by atoms with Gasteiger partial charge in [0, 0.05) is 24.1 Å². The molecule has 0 N–H and O–H groups in total. The highest BCUT2D eigenvalue weighted by Gasteiger charge is 2.23. The number of rotatable bonds is 7. The highest BCUT2D eigenvalue weighted by molar-refractivity contribution is 5.88. The molecule has 0 radical (unpaired) electrons. The standard InChI is InChI=1S/C23H31N/c1-6-7-13-22(18(2)24-5)19-14-16-21(17-15-19)23(3,4)20-11-9-8-10-12-20/h8-12,14-17,22H,6-7,13H2,1-5H3. The van der Waals surface area contributed by atoms with Gasteiger partial charge in [-0.05, 0) is 30.0 Å². The maximum absolute atomic E-state index is 4.45. The summed E-state index contributed by atoms with van der Waals surface area (Å²) >= 11 is 0. The molecule has 0 aliphatic rings. The third-order valence-corrected chi connectivity index (χ3v) is 5.23. The van der Waals surface area contributed by atoms with Gasteiger partial charge in [0.2, 0.25) is 0 Å². The first kappa shape index (κ1) is 18.4. The Morgan fingerprint density at radius 3 is 2.08 bits per heavy atom. The molecule has 2 aromatic rings. The molecule has 2 aromatic carbocycles. The van der Waals surface area contributed by atoms with E-state index in [2.05, 4.69) is 87.3 Å². The third-order valence-electron chi connectivity index (χ3n) is 5.23. The van der Waals surface area contributed by atoms with Gasteiger partial charge in [0.1, 0.15) is 0 Å². The quantitative estimate of drug-likeness (QED) is 0.525. The van der Waals surface area contributed by atoms with Crippen LogP contribution < -0.4 is 0 Å². The van der Waals surface area contributed by atoms with Crippen molar-refractivity contribution in [3.63, 3.8) is 0 Å². The predicted molar refractivity (Wildman–Crippen MR) is 106 cm³/mol. The van der Waals surface area contributed by atoms with Crippen LogP contribution in [-0.2, 0) is 5.41 Å². The smallest absolute Gasteiger partial charge is 0.0276 e. The van der Waals surface area contributed by atoms with E-state index in [1.165, 1.54) is 41.7 Å². The normalized spacial score (nSPS) is 13.8. The molecule has 0 spiro atoms. The number of hydrogen-bond donors (Lipinski definition) is 0. The molecule has 0 aromatic heterocycles. The molecule has 0 amide bonds. The van der Waals surface area contributed by atoms with Crippen LogP contribution >= 0.6 is 0 Å². The average molecular weight is 322 g/mol. The molecule has 1 unspecified atom stereocenters. The van der Waals surface area contributed by atoms with Crippen LogP contribution in [0.5, 0.6) is 0 Å². The Morgan fingerprint density at radius 2 is 1.54 bits per heavy atom. The fraction of sp³-hybridized carbons (Fsp3) is 0.435. The summed E-state index contributed by atoms with van der Waals surface area (Å²) in [7, 11) is 1.90. The highest BCUT2D eigenvalue weighted by Crippen LogP contribution is 2.33. The van der Waals surface area contributed by atoms with Gasteiger partial charge in [-0.3, -0.25) is 4.99 Å². The minimum Gasteiger partial charge on any atom is -0.297 e. The molecule has 0 saturated heterocycles. The Labute approximate surface area is 147 Å². The van der Waals surface area contributed by atoms with Crippen molar-refractivity contribution in [2.24, 2.45) is 4.99 Å². The van der Waals surface area contributed by atoms with Crippen molar-refractivity contribution < 1.29 is 0 Å². The van der Waals surface area contributed by atoms with Gasteiger partial charge < -0.3 is 0 Å². The van der Waals surface area contributed by atoms with E-state index in [1.807, 2.05) is 7.05 Å². The summed E-state index contributed by atoms with van der Waals surface area (Å²) < 4.78 is 0. The second-order valence-electron chi connectivity index (χ2n) is 7.17. The Bertz CT molecular complexity index is 650. The lowest BCUT2D eigenvalue weighted by Crippen LogP contribution is -2.19. The van der Waals surface area contributed by atoms with E-state index < -0.39 is 0 Å². The van der Waals surface area contributed by atoms with E-state index >= 15 is 0 Å². The Hall–Kier alpha value is -1.89. The van der Waals surface area contributed by atoms with Gasteiger partial charge in [-0.15, -0.1) is 0 Å². The lowest BCUT2D eigenvalue weighted by Gasteiger charge is -2.27. The summed E-state index contributed by atoms with van der Waals surface area (Å²) in [5.74, 6) is 0.448. The first-order valence-electron chi connectivity index (χ1n) is 9.10. The second-order valence-corrected chi connectivity index (χ2v) is 7.17. The molecule has 24 heavy (non-hydrogen) atoms. The van der Waals surface area contributed by atoms with Crippen molar-refractivity contribution >= 4 is 5.71 Å². The van der Waals surface area contributed by atoms with Crippen LogP contribution in [0.2, 0.25) is 0 Å². The Balaban J connectivity index is 2.29. The third kappa shape index (κ3) is 4.14. The highest BCUT2D eigenvalue weighted by atomic mass is 14.7. The molecule has 0 aliphatic heterocycles. The summed E-state index contributed by atoms with van der Waals surface area (Å²) in [5.41, 5.74) is 5.36. The van der Waals surface area contributed by atoms with Crippen LogP contribution in [0.4, 0.5) is 0 Å². The molecule has 0 heterocycles. The van der Waals surface area contributed by atoms with Gasteiger partial charge in [-0.1, -0.05) is 88.2 Å². The van der Waals surface area contributed by atoms with Gasteiger partial charge in [-0.2, -0.15) is 0 Å². The average Bonchev–Trinajstić information content (AvgIpc) is 2.63. The van der Waals surface area contributed by atoms with Crippen molar-refractivity contribution in [3.05, 3.63) is 71.3 Å². The van der Waals surface area contributed by atoms with Crippen LogP contribution in [0.15, 0.2) is 59.6 Å². The van der Waals surface area contributed by atoms with Crippen molar-refractivity contribution in [1.82, 2.24) is 0 Å². The number of nitrogens with zero attached hydrogens (tertiary/aromatic N) is 1. The number of aliphatic imine (C=N–C) groups is 1. The molecule has 128 valence electrons. The molecular formula is C23H31N. The van der Waals surface area contributed by atoms with E-state index in [0.717, 1.165) is 0 Å². The summed E-state index contributed by atoms with van der Waals surface area (Å²) in [6, 6.07) is 19.9.